The van der Waals surface area contributed by atoms with E-state index in [9.17, 15) is 19.2 Å². The molecule has 2 aromatic rings. The highest BCUT2D eigenvalue weighted by Crippen LogP contribution is 2.25. The highest BCUT2D eigenvalue weighted by atomic mass is 35.5. The average Bonchev–Trinajstić information content (AvgIpc) is 3.56. The molecule has 5 rings (SSSR count). The lowest BCUT2D eigenvalue weighted by Gasteiger charge is -2.27. The van der Waals surface area contributed by atoms with Gasteiger partial charge in [-0.15, -0.1) is 0 Å². The molecule has 3 aliphatic rings. The van der Waals surface area contributed by atoms with Crippen LogP contribution in [0.25, 0.3) is 0 Å². The highest BCUT2D eigenvalue weighted by molar-refractivity contribution is 6.30. The Morgan fingerprint density at radius 3 is 2.46 bits per heavy atom. The van der Waals surface area contributed by atoms with Gasteiger partial charge >= 0.3 is 12.1 Å². The quantitative estimate of drug-likeness (QED) is 0.535. The van der Waals surface area contributed by atoms with E-state index in [4.69, 9.17) is 25.8 Å². The summed E-state index contributed by atoms with van der Waals surface area (Å²) in [4.78, 5) is 56.4. The zero-order chi connectivity index (χ0) is 27.4. The van der Waals surface area contributed by atoms with Crippen molar-refractivity contribution < 1.29 is 33.4 Å². The summed E-state index contributed by atoms with van der Waals surface area (Å²) in [6, 6.07) is 12.2. The highest BCUT2D eigenvalue weighted by Gasteiger charge is 2.41. The molecule has 0 bridgehead atoms. The number of ether oxygens (including phenoxy) is 3. The number of urea groups is 1. The van der Waals surface area contributed by atoms with Gasteiger partial charge in [0.1, 0.15) is 12.6 Å². The number of rotatable bonds is 7. The second-order valence-electron chi connectivity index (χ2n) is 9.13. The molecule has 0 aliphatic carbocycles. The summed E-state index contributed by atoms with van der Waals surface area (Å²) < 4.78 is 16.0. The Bertz CT molecular complexity index is 1270. The molecule has 13 heteroatoms. The van der Waals surface area contributed by atoms with Crippen molar-refractivity contribution in [1.29, 1.82) is 0 Å². The predicted molar refractivity (Wildman–Crippen MR) is 142 cm³/mol. The van der Waals surface area contributed by atoms with Crippen molar-refractivity contribution in [2.45, 2.75) is 24.7 Å². The molecule has 0 aromatic heterocycles. The zero-order valence-corrected chi connectivity index (χ0v) is 21.5. The normalized spacial score (nSPS) is 22.6. The molecule has 3 aliphatic heterocycles. The second kappa shape index (κ2) is 11.8. The molecule has 2 aromatic carbocycles. The number of hydrogen-bond acceptors (Lipinski definition) is 7. The third-order valence-corrected chi connectivity index (χ3v) is 6.70. The van der Waals surface area contributed by atoms with E-state index >= 15 is 0 Å². The van der Waals surface area contributed by atoms with E-state index in [2.05, 4.69) is 15.6 Å². The van der Waals surface area contributed by atoms with E-state index in [0.29, 0.717) is 35.2 Å². The first-order chi connectivity index (χ1) is 18.9. The van der Waals surface area contributed by atoms with Crippen LogP contribution in [0.3, 0.4) is 0 Å². The van der Waals surface area contributed by atoms with Crippen LogP contribution in [0.2, 0.25) is 5.02 Å². The first kappa shape index (κ1) is 26.6. The van der Waals surface area contributed by atoms with E-state index in [1.807, 2.05) is 0 Å². The summed E-state index contributed by atoms with van der Waals surface area (Å²) in [7, 11) is 0. The zero-order valence-electron chi connectivity index (χ0n) is 20.7. The average molecular weight is 556 g/mol. The van der Waals surface area contributed by atoms with Crippen LogP contribution in [0.15, 0.2) is 53.5 Å². The number of benzene rings is 2. The molecule has 1 unspecified atom stereocenters. The molecule has 204 valence electrons. The second-order valence-corrected chi connectivity index (χ2v) is 9.57. The number of amides is 5. The van der Waals surface area contributed by atoms with Crippen LogP contribution in [-0.2, 0) is 23.8 Å². The van der Waals surface area contributed by atoms with Crippen LogP contribution in [0, 0.1) is 0 Å². The Balaban J connectivity index is 1.25. The van der Waals surface area contributed by atoms with E-state index in [1.165, 1.54) is 11.1 Å². The Morgan fingerprint density at radius 2 is 1.77 bits per heavy atom. The molecule has 12 nitrogen and oxygen atoms in total. The molecule has 2 saturated heterocycles. The minimum atomic E-state index is -0.831. The number of aliphatic imine (C=N–C) groups is 1. The summed E-state index contributed by atoms with van der Waals surface area (Å²) in [5.74, 6) is -0.521. The molecule has 2 fully saturated rings. The van der Waals surface area contributed by atoms with E-state index in [-0.39, 0.29) is 32.1 Å². The summed E-state index contributed by atoms with van der Waals surface area (Å²) in [5, 5.41) is 6.17. The summed E-state index contributed by atoms with van der Waals surface area (Å²) in [5.41, 5.74) is 1.74. The van der Waals surface area contributed by atoms with Crippen molar-refractivity contribution in [2.75, 3.05) is 48.4 Å². The monoisotopic (exact) mass is 555 g/mol. The lowest BCUT2D eigenvalue weighted by atomic mass is 10.1. The van der Waals surface area contributed by atoms with Gasteiger partial charge in [-0.3, -0.25) is 9.59 Å². The molecular weight excluding hydrogens is 530 g/mol. The number of anilines is 3. The Hall–Kier alpha value is -4.00. The number of cyclic esters (lactones) is 1. The van der Waals surface area contributed by atoms with Crippen molar-refractivity contribution in [3.8, 4) is 0 Å². The Morgan fingerprint density at radius 1 is 1.05 bits per heavy atom. The lowest BCUT2D eigenvalue weighted by Crippen LogP contribution is -2.45. The number of carbonyl (C=O) groups excluding carboxylic acids is 4. The van der Waals surface area contributed by atoms with Gasteiger partial charge < -0.3 is 34.6 Å². The largest absolute Gasteiger partial charge is 0.436 e. The van der Waals surface area contributed by atoms with Gasteiger partial charge in [0.15, 0.2) is 6.10 Å². The van der Waals surface area contributed by atoms with Crippen molar-refractivity contribution in [3.63, 3.8) is 0 Å². The fraction of sp³-hybridized carbons (Fsp3) is 0.346. The molecule has 0 radical (unpaired) electrons. The molecule has 39 heavy (non-hydrogen) atoms. The van der Waals surface area contributed by atoms with E-state index < -0.39 is 36.3 Å². The smallest absolute Gasteiger partial charge is 0.434 e. The van der Waals surface area contributed by atoms with E-state index in [1.54, 1.807) is 53.4 Å². The minimum Gasteiger partial charge on any atom is -0.436 e. The maximum Gasteiger partial charge on any atom is 0.434 e. The van der Waals surface area contributed by atoms with Gasteiger partial charge in [-0.1, -0.05) is 11.6 Å². The molecular formula is C26H26ClN5O7. The maximum atomic E-state index is 13.3. The van der Waals surface area contributed by atoms with Gasteiger partial charge in [-0.05, 0) is 48.5 Å². The number of nitrogens with one attached hydrogen (secondary N) is 2. The van der Waals surface area contributed by atoms with Crippen molar-refractivity contribution in [3.05, 3.63) is 53.6 Å². The molecule has 5 amide bonds. The van der Waals surface area contributed by atoms with Crippen LogP contribution in [0.4, 0.5) is 26.7 Å². The lowest BCUT2D eigenvalue weighted by molar-refractivity contribution is -0.125. The fourth-order valence-corrected chi connectivity index (χ4v) is 4.63. The molecule has 0 spiro atoms. The van der Waals surface area contributed by atoms with Crippen molar-refractivity contribution in [1.82, 2.24) is 4.90 Å². The Labute approximate surface area is 228 Å². The van der Waals surface area contributed by atoms with Gasteiger partial charge in [0, 0.05) is 41.6 Å². The number of likely N-dealkylation sites (tertiary alicyclic amines) is 1. The van der Waals surface area contributed by atoms with Crippen LogP contribution < -0.4 is 15.5 Å². The number of carbonyl (C=O) groups is 4. The molecule has 2 N–H and O–H groups in total. The predicted octanol–water partition coefficient (Wildman–Crippen LogP) is 2.92. The number of halogens is 1. The van der Waals surface area contributed by atoms with Crippen LogP contribution in [0.5, 0.6) is 0 Å². The first-order valence-electron chi connectivity index (χ1n) is 12.3. The van der Waals surface area contributed by atoms with Crippen LogP contribution >= 0.6 is 11.6 Å². The standard InChI is InChI=1S/C26H26ClN5O7/c27-16-1-3-18(4-2-16)30-25(35)32-13-20(38-14-21-12-28-26(36)39-21)11-22(32)24(34)29-17-5-7-19(8-6-17)31-9-10-37-15-23(31)33/h1-8,12,20-22H,9-11,13-15H2,(H,29,34)(H,30,35)/t20-,21?,22-/m1/s1. The van der Waals surface area contributed by atoms with Gasteiger partial charge in [0.2, 0.25) is 5.91 Å². The fourth-order valence-electron chi connectivity index (χ4n) is 4.50. The van der Waals surface area contributed by atoms with Crippen molar-refractivity contribution in [2.24, 2.45) is 4.99 Å². The SMILES string of the molecule is O=C1N=CC(CO[C@@H]2C[C@H](C(=O)Nc3ccc(N4CCOCC4=O)cc3)N(C(=O)Nc3ccc(Cl)cc3)C2)O1. The molecule has 3 heterocycles. The van der Waals surface area contributed by atoms with Crippen LogP contribution in [-0.4, -0.2) is 86.2 Å². The summed E-state index contributed by atoms with van der Waals surface area (Å²) in [6.07, 6.45) is -0.170. The maximum absolute atomic E-state index is 13.3. The minimum absolute atomic E-state index is 0.0350. The van der Waals surface area contributed by atoms with Crippen LogP contribution in [0.1, 0.15) is 6.42 Å². The number of hydrogen-bond donors (Lipinski definition) is 2. The third kappa shape index (κ3) is 6.53. The molecule has 0 saturated carbocycles. The molecule has 3 atom stereocenters. The van der Waals surface area contributed by atoms with Gasteiger partial charge in [-0.2, -0.15) is 4.99 Å². The topological polar surface area (TPSA) is 139 Å². The van der Waals surface area contributed by atoms with Gasteiger partial charge in [0.05, 0.1) is 25.5 Å². The Kier molecular flexibility index (Phi) is 8.05. The first-order valence-corrected chi connectivity index (χ1v) is 12.7. The van der Waals surface area contributed by atoms with Gasteiger partial charge in [-0.25, -0.2) is 9.59 Å². The summed E-state index contributed by atoms with van der Waals surface area (Å²) in [6.45, 7) is 1.15. The summed E-state index contributed by atoms with van der Waals surface area (Å²) >= 11 is 5.94. The third-order valence-electron chi connectivity index (χ3n) is 6.45. The number of morpholine rings is 1. The van der Waals surface area contributed by atoms with E-state index in [0.717, 1.165) is 0 Å². The van der Waals surface area contributed by atoms with Gasteiger partial charge in [0.25, 0.3) is 5.91 Å². The van der Waals surface area contributed by atoms with Crippen molar-refractivity contribution >= 4 is 58.8 Å². The number of nitrogens with zero attached hydrogens (tertiary/aromatic N) is 3.